The summed E-state index contributed by atoms with van der Waals surface area (Å²) in [7, 11) is 0. The van der Waals surface area contributed by atoms with Crippen LogP contribution >= 0.6 is 12.4 Å². The fourth-order valence-electron chi connectivity index (χ4n) is 1.49. The maximum absolute atomic E-state index is 11.2. The third-order valence-electron chi connectivity index (χ3n) is 2.35. The Morgan fingerprint density at radius 3 is 2.50 bits per heavy atom. The van der Waals surface area contributed by atoms with Gasteiger partial charge < -0.3 is 11.1 Å². The molecule has 0 atom stereocenters. The van der Waals surface area contributed by atoms with Gasteiger partial charge in [0.2, 0.25) is 5.91 Å². The molecule has 0 aliphatic heterocycles. The van der Waals surface area contributed by atoms with E-state index in [9.17, 15) is 4.79 Å². The van der Waals surface area contributed by atoms with Crippen LogP contribution in [-0.2, 0) is 17.8 Å². The number of nitrogens with two attached hydrogens (primary N) is 1. The second kappa shape index (κ2) is 8.13. The zero-order valence-electron chi connectivity index (χ0n) is 9.53. The standard InChI is InChI=1S/C12H18N2O.ClH/c1-2-10-5-3-4-6-11(10)9-14-12(15)7-8-13;/h3-6H,2,7-9,13H2,1H3,(H,14,15);1H. The highest BCUT2D eigenvalue weighted by Gasteiger charge is 2.02. The Balaban J connectivity index is 0.00000225. The van der Waals surface area contributed by atoms with Crippen LogP contribution in [0.15, 0.2) is 24.3 Å². The Bertz CT molecular complexity index is 329. The van der Waals surface area contributed by atoms with E-state index in [1.807, 2.05) is 18.2 Å². The molecule has 1 aromatic rings. The molecule has 0 bridgehead atoms. The second-order valence-electron chi connectivity index (χ2n) is 3.44. The van der Waals surface area contributed by atoms with E-state index >= 15 is 0 Å². The van der Waals surface area contributed by atoms with Gasteiger partial charge in [0.25, 0.3) is 0 Å². The van der Waals surface area contributed by atoms with E-state index in [2.05, 4.69) is 18.3 Å². The van der Waals surface area contributed by atoms with Crippen molar-refractivity contribution in [1.29, 1.82) is 0 Å². The SMILES string of the molecule is CCc1ccccc1CNC(=O)CCN.Cl. The lowest BCUT2D eigenvalue weighted by atomic mass is 10.1. The summed E-state index contributed by atoms with van der Waals surface area (Å²) >= 11 is 0. The molecule has 0 aliphatic rings. The number of benzene rings is 1. The first kappa shape index (κ1) is 14.9. The van der Waals surface area contributed by atoms with Gasteiger partial charge in [-0.15, -0.1) is 12.4 Å². The van der Waals surface area contributed by atoms with Crippen LogP contribution in [0.4, 0.5) is 0 Å². The molecule has 0 aromatic heterocycles. The van der Waals surface area contributed by atoms with Gasteiger partial charge in [-0.3, -0.25) is 4.79 Å². The molecule has 3 N–H and O–H groups in total. The van der Waals surface area contributed by atoms with Crippen molar-refractivity contribution in [2.45, 2.75) is 26.3 Å². The second-order valence-corrected chi connectivity index (χ2v) is 3.44. The number of amides is 1. The lowest BCUT2D eigenvalue weighted by Crippen LogP contribution is -2.25. The predicted octanol–water partition coefficient (Wildman–Crippen LogP) is 1.64. The molecule has 1 amide bonds. The molecule has 0 fully saturated rings. The molecule has 0 spiro atoms. The van der Waals surface area contributed by atoms with Gasteiger partial charge in [-0.25, -0.2) is 0 Å². The Labute approximate surface area is 103 Å². The fraction of sp³-hybridized carbons (Fsp3) is 0.417. The van der Waals surface area contributed by atoms with E-state index in [1.165, 1.54) is 11.1 Å². The highest BCUT2D eigenvalue weighted by Crippen LogP contribution is 2.08. The van der Waals surface area contributed by atoms with Crippen molar-refractivity contribution in [2.75, 3.05) is 6.54 Å². The topological polar surface area (TPSA) is 55.1 Å². The van der Waals surface area contributed by atoms with Crippen LogP contribution in [-0.4, -0.2) is 12.5 Å². The van der Waals surface area contributed by atoms with Crippen LogP contribution in [0.5, 0.6) is 0 Å². The minimum absolute atomic E-state index is 0. The predicted molar refractivity (Wildman–Crippen MR) is 68.6 cm³/mol. The van der Waals surface area contributed by atoms with Crippen molar-refractivity contribution in [3.63, 3.8) is 0 Å². The van der Waals surface area contributed by atoms with Gasteiger partial charge in [-0.05, 0) is 17.5 Å². The molecule has 0 aliphatic carbocycles. The Morgan fingerprint density at radius 1 is 1.31 bits per heavy atom. The lowest BCUT2D eigenvalue weighted by molar-refractivity contribution is -0.121. The van der Waals surface area contributed by atoms with Gasteiger partial charge >= 0.3 is 0 Å². The average molecular weight is 243 g/mol. The average Bonchev–Trinajstić information content (AvgIpc) is 2.27. The van der Waals surface area contributed by atoms with Crippen LogP contribution in [0, 0.1) is 0 Å². The van der Waals surface area contributed by atoms with Crippen molar-refractivity contribution in [2.24, 2.45) is 5.73 Å². The number of hydrogen-bond donors (Lipinski definition) is 2. The van der Waals surface area contributed by atoms with Gasteiger partial charge in [-0.1, -0.05) is 31.2 Å². The van der Waals surface area contributed by atoms with E-state index in [-0.39, 0.29) is 18.3 Å². The first-order valence-corrected chi connectivity index (χ1v) is 5.31. The molecule has 90 valence electrons. The van der Waals surface area contributed by atoms with Gasteiger partial charge in [0.05, 0.1) is 0 Å². The summed E-state index contributed by atoms with van der Waals surface area (Å²) in [5.74, 6) is 0.0170. The molecule has 1 rings (SSSR count). The molecule has 0 saturated carbocycles. The van der Waals surface area contributed by atoms with Crippen molar-refractivity contribution in [3.8, 4) is 0 Å². The molecule has 0 radical (unpaired) electrons. The van der Waals surface area contributed by atoms with E-state index in [1.54, 1.807) is 0 Å². The van der Waals surface area contributed by atoms with E-state index in [0.29, 0.717) is 19.5 Å². The van der Waals surface area contributed by atoms with Crippen molar-refractivity contribution in [3.05, 3.63) is 35.4 Å². The lowest BCUT2D eigenvalue weighted by Gasteiger charge is -2.08. The number of hydrogen-bond acceptors (Lipinski definition) is 2. The van der Waals surface area contributed by atoms with E-state index < -0.39 is 0 Å². The third kappa shape index (κ3) is 4.64. The van der Waals surface area contributed by atoms with Gasteiger partial charge in [-0.2, -0.15) is 0 Å². The quantitative estimate of drug-likeness (QED) is 0.825. The van der Waals surface area contributed by atoms with Crippen LogP contribution < -0.4 is 11.1 Å². The van der Waals surface area contributed by atoms with Gasteiger partial charge in [0, 0.05) is 19.5 Å². The number of carbonyl (C=O) groups excluding carboxylic acids is 1. The van der Waals surface area contributed by atoms with Crippen molar-refractivity contribution in [1.82, 2.24) is 5.32 Å². The number of carbonyl (C=O) groups is 1. The zero-order valence-corrected chi connectivity index (χ0v) is 10.3. The monoisotopic (exact) mass is 242 g/mol. The molecule has 0 heterocycles. The summed E-state index contributed by atoms with van der Waals surface area (Å²) in [6.07, 6.45) is 1.39. The zero-order chi connectivity index (χ0) is 11.1. The molecule has 1 aromatic carbocycles. The summed E-state index contributed by atoms with van der Waals surface area (Å²) in [6.45, 7) is 3.12. The van der Waals surface area contributed by atoms with E-state index in [0.717, 1.165) is 6.42 Å². The Kier molecular flexibility index (Phi) is 7.60. The first-order valence-electron chi connectivity index (χ1n) is 5.31. The number of aryl methyl sites for hydroxylation is 1. The number of halogens is 1. The minimum Gasteiger partial charge on any atom is -0.352 e. The molecular formula is C12H19ClN2O. The fourth-order valence-corrected chi connectivity index (χ4v) is 1.49. The highest BCUT2D eigenvalue weighted by atomic mass is 35.5. The summed E-state index contributed by atoms with van der Waals surface area (Å²) in [6, 6.07) is 8.14. The van der Waals surface area contributed by atoms with E-state index in [4.69, 9.17) is 5.73 Å². The highest BCUT2D eigenvalue weighted by molar-refractivity contribution is 5.85. The van der Waals surface area contributed by atoms with Gasteiger partial charge in [0.1, 0.15) is 0 Å². The molecule has 0 saturated heterocycles. The molecule has 3 nitrogen and oxygen atoms in total. The number of nitrogens with one attached hydrogen (secondary N) is 1. The largest absolute Gasteiger partial charge is 0.352 e. The van der Waals surface area contributed by atoms with Crippen molar-refractivity contribution < 1.29 is 4.79 Å². The molecule has 4 heteroatoms. The Hall–Kier alpha value is -1.06. The summed E-state index contributed by atoms with van der Waals surface area (Å²) in [5, 5.41) is 2.86. The third-order valence-corrected chi connectivity index (χ3v) is 2.35. The molecule has 16 heavy (non-hydrogen) atoms. The van der Waals surface area contributed by atoms with Crippen LogP contribution in [0.1, 0.15) is 24.5 Å². The molecule has 0 unspecified atom stereocenters. The normalized spacial score (nSPS) is 9.38. The van der Waals surface area contributed by atoms with Crippen LogP contribution in [0.25, 0.3) is 0 Å². The summed E-state index contributed by atoms with van der Waals surface area (Å²) in [5.41, 5.74) is 7.76. The van der Waals surface area contributed by atoms with Crippen molar-refractivity contribution >= 4 is 18.3 Å². The number of rotatable bonds is 5. The summed E-state index contributed by atoms with van der Waals surface area (Å²) in [4.78, 5) is 11.2. The summed E-state index contributed by atoms with van der Waals surface area (Å²) < 4.78 is 0. The minimum atomic E-state index is 0. The molecular weight excluding hydrogens is 224 g/mol. The van der Waals surface area contributed by atoms with Crippen LogP contribution in [0.2, 0.25) is 0 Å². The Morgan fingerprint density at radius 2 is 1.94 bits per heavy atom. The van der Waals surface area contributed by atoms with Crippen LogP contribution in [0.3, 0.4) is 0 Å². The first-order chi connectivity index (χ1) is 7.27. The van der Waals surface area contributed by atoms with Gasteiger partial charge in [0.15, 0.2) is 0 Å². The maximum Gasteiger partial charge on any atom is 0.221 e. The smallest absolute Gasteiger partial charge is 0.221 e. The maximum atomic E-state index is 11.2.